The summed E-state index contributed by atoms with van der Waals surface area (Å²) in [5.41, 5.74) is 7.92. The van der Waals surface area contributed by atoms with Crippen LogP contribution in [0.15, 0.2) is 60.7 Å². The second kappa shape index (κ2) is 7.55. The molecule has 7 rings (SSSR count). The lowest BCUT2D eigenvalue weighted by molar-refractivity contribution is -0.122. The van der Waals surface area contributed by atoms with Gasteiger partial charge in [-0.05, 0) is 68.5 Å². The van der Waals surface area contributed by atoms with Crippen LogP contribution >= 0.6 is 11.6 Å². The molecule has 1 fully saturated rings. The summed E-state index contributed by atoms with van der Waals surface area (Å²) in [6.07, 6.45) is 0. The van der Waals surface area contributed by atoms with Crippen LogP contribution in [0.1, 0.15) is 86.8 Å². The zero-order chi connectivity index (χ0) is 25.7. The van der Waals surface area contributed by atoms with Crippen molar-refractivity contribution in [1.82, 2.24) is 0 Å². The van der Waals surface area contributed by atoms with Crippen LogP contribution in [0.4, 0.5) is 5.69 Å². The lowest BCUT2D eigenvalue weighted by Gasteiger charge is -2.47. The number of benzene rings is 3. The number of nitrogens with zero attached hydrogens (tertiary/aromatic N) is 1. The summed E-state index contributed by atoms with van der Waals surface area (Å²) in [6, 6.07) is 20.5. The maximum atomic E-state index is 14.0. The molecular weight excluding hydrogens is 466 g/mol. The van der Waals surface area contributed by atoms with Gasteiger partial charge in [0, 0.05) is 16.9 Å². The van der Waals surface area contributed by atoms with Crippen molar-refractivity contribution >= 4 is 29.1 Å². The summed E-state index contributed by atoms with van der Waals surface area (Å²) >= 11 is 6.11. The largest absolute Gasteiger partial charge is 0.274 e. The van der Waals surface area contributed by atoms with Crippen molar-refractivity contribution < 1.29 is 9.59 Å². The normalized spacial score (nSPS) is 24.6. The molecule has 4 aliphatic rings. The van der Waals surface area contributed by atoms with Crippen molar-refractivity contribution in [2.75, 3.05) is 4.90 Å². The molecule has 3 aromatic carbocycles. The minimum Gasteiger partial charge on any atom is -0.274 e. The second-order valence-corrected chi connectivity index (χ2v) is 13.1. The zero-order valence-electron chi connectivity index (χ0n) is 21.7. The van der Waals surface area contributed by atoms with Gasteiger partial charge in [0.15, 0.2) is 0 Å². The molecular formula is C32H32ClNO2. The lowest BCUT2D eigenvalue weighted by atomic mass is 9.54. The Balaban J connectivity index is 1.57. The second-order valence-electron chi connectivity index (χ2n) is 12.7. The van der Waals surface area contributed by atoms with Crippen LogP contribution < -0.4 is 4.90 Å². The molecule has 0 saturated carbocycles. The number of anilines is 1. The average molecular weight is 498 g/mol. The van der Waals surface area contributed by atoms with E-state index in [0.717, 1.165) is 0 Å². The van der Waals surface area contributed by atoms with Gasteiger partial charge in [-0.1, -0.05) is 89.5 Å². The molecule has 0 radical (unpaired) electrons. The Kier molecular flexibility index (Phi) is 4.93. The van der Waals surface area contributed by atoms with Gasteiger partial charge in [0.1, 0.15) is 0 Å². The fourth-order valence-corrected chi connectivity index (χ4v) is 6.68. The van der Waals surface area contributed by atoms with E-state index in [0.29, 0.717) is 10.7 Å². The molecule has 184 valence electrons. The van der Waals surface area contributed by atoms with Crippen LogP contribution in [-0.4, -0.2) is 11.8 Å². The number of carbonyl (C=O) groups is 2. The van der Waals surface area contributed by atoms with Gasteiger partial charge in [-0.2, -0.15) is 0 Å². The van der Waals surface area contributed by atoms with E-state index in [-0.39, 0.29) is 34.5 Å². The van der Waals surface area contributed by atoms with Crippen LogP contribution in [-0.2, 0) is 20.4 Å². The van der Waals surface area contributed by atoms with Crippen LogP contribution in [0.3, 0.4) is 0 Å². The molecule has 4 atom stereocenters. The monoisotopic (exact) mass is 497 g/mol. The Labute approximate surface area is 218 Å². The number of halogens is 1. The minimum atomic E-state index is -0.395. The minimum absolute atomic E-state index is 0.00507. The van der Waals surface area contributed by atoms with Gasteiger partial charge in [-0.25, -0.2) is 4.90 Å². The average Bonchev–Trinajstić information content (AvgIpc) is 3.08. The van der Waals surface area contributed by atoms with E-state index in [1.165, 1.54) is 38.3 Å². The predicted molar refractivity (Wildman–Crippen MR) is 145 cm³/mol. The first-order chi connectivity index (χ1) is 16.9. The summed E-state index contributed by atoms with van der Waals surface area (Å²) in [7, 11) is 0. The first-order valence-electron chi connectivity index (χ1n) is 12.8. The van der Waals surface area contributed by atoms with E-state index < -0.39 is 11.8 Å². The van der Waals surface area contributed by atoms with Gasteiger partial charge in [0.25, 0.3) is 0 Å². The highest BCUT2D eigenvalue weighted by molar-refractivity contribution is 6.31. The van der Waals surface area contributed by atoms with Gasteiger partial charge >= 0.3 is 0 Å². The lowest BCUT2D eigenvalue weighted by Crippen LogP contribution is -2.42. The Morgan fingerprint density at radius 1 is 0.611 bits per heavy atom. The summed E-state index contributed by atoms with van der Waals surface area (Å²) in [5.74, 6) is -1.24. The van der Waals surface area contributed by atoms with Gasteiger partial charge in [-0.3, -0.25) is 9.59 Å². The summed E-state index contributed by atoms with van der Waals surface area (Å²) in [5, 5.41) is 0.583. The molecule has 1 aliphatic heterocycles. The van der Waals surface area contributed by atoms with E-state index in [1.54, 1.807) is 24.3 Å². The maximum absolute atomic E-state index is 14.0. The van der Waals surface area contributed by atoms with Crippen molar-refractivity contribution in [3.05, 3.63) is 99.1 Å². The van der Waals surface area contributed by atoms with Crippen LogP contribution in [0.25, 0.3) is 0 Å². The topological polar surface area (TPSA) is 37.4 Å². The molecule has 4 heteroatoms. The molecule has 0 N–H and O–H groups in total. The van der Waals surface area contributed by atoms with Crippen molar-refractivity contribution in [2.24, 2.45) is 11.8 Å². The molecule has 2 bridgehead atoms. The Morgan fingerprint density at radius 2 is 1.03 bits per heavy atom. The molecule has 36 heavy (non-hydrogen) atoms. The van der Waals surface area contributed by atoms with Crippen molar-refractivity contribution in [1.29, 1.82) is 0 Å². The number of hydrogen-bond donors (Lipinski definition) is 0. The third kappa shape index (κ3) is 3.25. The molecule has 4 unspecified atom stereocenters. The summed E-state index contributed by atoms with van der Waals surface area (Å²) < 4.78 is 0. The standard InChI is InChI=1S/C32H32ClNO2/c1-31(2,3)17-7-13-21-23(15-17)25-22-14-8-18(32(4,5)6)16-24(22)26(21)28-27(25)29(35)34(30(28)36)20-11-9-19(33)10-12-20/h7-16,25-28H,1-6H3. The highest BCUT2D eigenvalue weighted by Gasteiger charge is 2.62. The first kappa shape index (κ1) is 23.5. The van der Waals surface area contributed by atoms with Gasteiger partial charge < -0.3 is 0 Å². The SMILES string of the molecule is CC(C)(C)c1ccc2c(c1)C1c3ccc(C(C)(C)C)cc3C2C2C(=O)N(c3ccc(Cl)cc3)C(=O)C12. The fourth-order valence-electron chi connectivity index (χ4n) is 6.55. The molecule has 0 aromatic heterocycles. The van der Waals surface area contributed by atoms with E-state index >= 15 is 0 Å². The van der Waals surface area contributed by atoms with E-state index in [1.807, 2.05) is 0 Å². The Hall–Kier alpha value is -2.91. The number of hydrogen-bond acceptors (Lipinski definition) is 2. The smallest absolute Gasteiger partial charge is 0.238 e. The molecule has 0 spiro atoms. The quantitative estimate of drug-likeness (QED) is 0.330. The van der Waals surface area contributed by atoms with Crippen LogP contribution in [0.5, 0.6) is 0 Å². The highest BCUT2D eigenvalue weighted by atomic mass is 35.5. The van der Waals surface area contributed by atoms with Gasteiger partial charge in [-0.15, -0.1) is 0 Å². The highest BCUT2D eigenvalue weighted by Crippen LogP contribution is 2.62. The number of imide groups is 1. The summed E-state index contributed by atoms with van der Waals surface area (Å²) in [6.45, 7) is 13.3. The molecule has 3 aromatic rings. The molecule has 1 saturated heterocycles. The number of carbonyl (C=O) groups excluding carboxylic acids is 2. The first-order valence-corrected chi connectivity index (χ1v) is 13.2. The van der Waals surface area contributed by atoms with Gasteiger partial charge in [0.05, 0.1) is 17.5 Å². The van der Waals surface area contributed by atoms with E-state index in [9.17, 15) is 9.59 Å². The molecule has 1 heterocycles. The van der Waals surface area contributed by atoms with Crippen molar-refractivity contribution in [2.45, 2.75) is 64.2 Å². The molecule has 3 aliphatic carbocycles. The number of rotatable bonds is 1. The third-order valence-corrected chi connectivity index (χ3v) is 8.70. The van der Waals surface area contributed by atoms with Crippen LogP contribution in [0, 0.1) is 11.8 Å². The number of amides is 2. The molecule has 2 amide bonds. The fraction of sp³-hybridized carbons (Fsp3) is 0.375. The third-order valence-electron chi connectivity index (χ3n) is 8.45. The van der Waals surface area contributed by atoms with E-state index in [2.05, 4.69) is 77.9 Å². The maximum Gasteiger partial charge on any atom is 0.238 e. The van der Waals surface area contributed by atoms with Crippen molar-refractivity contribution in [3.63, 3.8) is 0 Å². The van der Waals surface area contributed by atoms with E-state index in [4.69, 9.17) is 11.6 Å². The Morgan fingerprint density at radius 3 is 1.42 bits per heavy atom. The summed E-state index contributed by atoms with van der Waals surface area (Å²) in [4.78, 5) is 29.5. The molecule has 3 nitrogen and oxygen atoms in total. The predicted octanol–water partition coefficient (Wildman–Crippen LogP) is 7.33. The zero-order valence-corrected chi connectivity index (χ0v) is 22.5. The van der Waals surface area contributed by atoms with Gasteiger partial charge in [0.2, 0.25) is 11.8 Å². The van der Waals surface area contributed by atoms with Crippen molar-refractivity contribution in [3.8, 4) is 0 Å². The van der Waals surface area contributed by atoms with Crippen LogP contribution in [0.2, 0.25) is 5.02 Å². The Bertz CT molecular complexity index is 1340.